The fourth-order valence-electron chi connectivity index (χ4n) is 2.13. The highest BCUT2D eigenvalue weighted by molar-refractivity contribution is 5.34. The van der Waals surface area contributed by atoms with Gasteiger partial charge in [-0.3, -0.25) is 0 Å². The van der Waals surface area contributed by atoms with E-state index in [9.17, 15) is 4.39 Å². The molecule has 0 aliphatic rings. The van der Waals surface area contributed by atoms with Gasteiger partial charge in [0.1, 0.15) is 0 Å². The average molecular weight is 277 g/mol. The highest BCUT2D eigenvalue weighted by Crippen LogP contribution is 2.25. The van der Waals surface area contributed by atoms with E-state index in [2.05, 4.69) is 17.2 Å². The van der Waals surface area contributed by atoms with Crippen molar-refractivity contribution in [1.82, 2.24) is 14.9 Å². The Morgan fingerprint density at radius 1 is 1.45 bits per heavy atom. The van der Waals surface area contributed by atoms with Crippen LogP contribution in [0.5, 0.6) is 5.75 Å². The van der Waals surface area contributed by atoms with Crippen LogP contribution < -0.4 is 10.1 Å². The first-order chi connectivity index (χ1) is 9.65. The molecule has 0 fully saturated rings. The summed E-state index contributed by atoms with van der Waals surface area (Å²) in [7, 11) is 3.38. The maximum Gasteiger partial charge on any atom is 0.165 e. The van der Waals surface area contributed by atoms with Gasteiger partial charge in [0, 0.05) is 13.2 Å². The predicted molar refractivity (Wildman–Crippen MR) is 76.3 cm³/mol. The highest BCUT2D eigenvalue weighted by atomic mass is 19.1. The molecule has 1 atom stereocenters. The van der Waals surface area contributed by atoms with Gasteiger partial charge in [0.15, 0.2) is 11.6 Å². The van der Waals surface area contributed by atoms with E-state index in [1.165, 1.54) is 13.2 Å². The average Bonchev–Trinajstić information content (AvgIpc) is 2.86. The molecule has 2 rings (SSSR count). The molecule has 1 N–H and O–H groups in total. The number of rotatable bonds is 6. The SMILES string of the molecule is CCCNC(c1ccc(OC)c(F)c1)c1cn(C)cn1. The van der Waals surface area contributed by atoms with Crippen LogP contribution in [-0.4, -0.2) is 23.2 Å². The van der Waals surface area contributed by atoms with Crippen LogP contribution in [0.25, 0.3) is 0 Å². The van der Waals surface area contributed by atoms with E-state index < -0.39 is 0 Å². The van der Waals surface area contributed by atoms with E-state index in [4.69, 9.17) is 4.74 Å². The highest BCUT2D eigenvalue weighted by Gasteiger charge is 2.17. The Morgan fingerprint density at radius 3 is 2.80 bits per heavy atom. The Morgan fingerprint density at radius 2 is 2.25 bits per heavy atom. The summed E-state index contributed by atoms with van der Waals surface area (Å²) in [5.41, 5.74) is 1.72. The number of benzene rings is 1. The van der Waals surface area contributed by atoms with Crippen LogP contribution in [0.3, 0.4) is 0 Å². The Kier molecular flexibility index (Phi) is 4.74. The van der Waals surface area contributed by atoms with Gasteiger partial charge < -0.3 is 14.6 Å². The molecule has 5 heteroatoms. The lowest BCUT2D eigenvalue weighted by Gasteiger charge is -2.17. The number of imidazole rings is 1. The van der Waals surface area contributed by atoms with Gasteiger partial charge in [0.05, 0.1) is 25.2 Å². The van der Waals surface area contributed by atoms with E-state index >= 15 is 0 Å². The largest absolute Gasteiger partial charge is 0.494 e. The van der Waals surface area contributed by atoms with Crippen LogP contribution in [0.1, 0.15) is 30.6 Å². The number of halogens is 1. The lowest BCUT2D eigenvalue weighted by Crippen LogP contribution is -2.23. The number of aryl methyl sites for hydroxylation is 1. The van der Waals surface area contributed by atoms with E-state index in [1.54, 1.807) is 12.4 Å². The lowest BCUT2D eigenvalue weighted by atomic mass is 10.0. The molecule has 0 radical (unpaired) electrons. The fourth-order valence-corrected chi connectivity index (χ4v) is 2.13. The first-order valence-corrected chi connectivity index (χ1v) is 6.70. The number of hydrogen-bond acceptors (Lipinski definition) is 3. The molecule has 1 heterocycles. The third-order valence-electron chi connectivity index (χ3n) is 3.13. The van der Waals surface area contributed by atoms with Gasteiger partial charge in [-0.2, -0.15) is 0 Å². The standard InChI is InChI=1S/C15H20FN3O/c1-4-7-17-15(13-9-19(2)10-18-13)11-5-6-14(20-3)12(16)8-11/h5-6,8-10,15,17H,4,7H2,1-3H3. The van der Waals surface area contributed by atoms with Crippen LogP contribution in [0.2, 0.25) is 0 Å². The third kappa shape index (κ3) is 3.17. The molecule has 0 aliphatic heterocycles. The summed E-state index contributed by atoms with van der Waals surface area (Å²) in [4.78, 5) is 4.36. The topological polar surface area (TPSA) is 39.1 Å². The Bertz CT molecular complexity index is 568. The molecular formula is C15H20FN3O. The molecule has 20 heavy (non-hydrogen) atoms. The van der Waals surface area contributed by atoms with Gasteiger partial charge in [-0.25, -0.2) is 9.37 Å². The zero-order chi connectivity index (χ0) is 14.5. The first-order valence-electron chi connectivity index (χ1n) is 6.70. The van der Waals surface area contributed by atoms with Gasteiger partial charge in [0.2, 0.25) is 0 Å². The molecule has 1 aromatic heterocycles. The van der Waals surface area contributed by atoms with Crippen molar-refractivity contribution in [3.8, 4) is 5.75 Å². The van der Waals surface area contributed by atoms with Gasteiger partial charge >= 0.3 is 0 Å². The fraction of sp³-hybridized carbons (Fsp3) is 0.400. The van der Waals surface area contributed by atoms with Crippen molar-refractivity contribution >= 4 is 0 Å². The van der Waals surface area contributed by atoms with Crippen LogP contribution in [0.15, 0.2) is 30.7 Å². The second-order valence-electron chi connectivity index (χ2n) is 4.75. The molecule has 1 aromatic carbocycles. The van der Waals surface area contributed by atoms with Crippen LogP contribution in [0, 0.1) is 5.82 Å². The molecule has 2 aromatic rings. The maximum absolute atomic E-state index is 13.9. The minimum Gasteiger partial charge on any atom is -0.494 e. The summed E-state index contributed by atoms with van der Waals surface area (Å²) in [5, 5.41) is 3.40. The molecule has 0 saturated carbocycles. The number of nitrogens with one attached hydrogen (secondary N) is 1. The Balaban J connectivity index is 2.33. The van der Waals surface area contributed by atoms with Crippen LogP contribution >= 0.6 is 0 Å². The normalized spacial score (nSPS) is 12.4. The third-order valence-corrected chi connectivity index (χ3v) is 3.13. The number of hydrogen-bond donors (Lipinski definition) is 1. The monoisotopic (exact) mass is 277 g/mol. The van der Waals surface area contributed by atoms with E-state index in [0.29, 0.717) is 0 Å². The predicted octanol–water partition coefficient (Wildman–Crippen LogP) is 2.66. The smallest absolute Gasteiger partial charge is 0.165 e. The van der Waals surface area contributed by atoms with Gasteiger partial charge in [-0.05, 0) is 30.7 Å². The van der Waals surface area contributed by atoms with Crippen molar-refractivity contribution in [2.75, 3.05) is 13.7 Å². The Hall–Kier alpha value is -1.88. The molecular weight excluding hydrogens is 257 g/mol. The number of ether oxygens (including phenoxy) is 1. The van der Waals surface area contributed by atoms with Gasteiger partial charge in [-0.15, -0.1) is 0 Å². The van der Waals surface area contributed by atoms with Gasteiger partial charge in [-0.1, -0.05) is 13.0 Å². The summed E-state index contributed by atoms with van der Waals surface area (Å²) in [6.45, 7) is 2.94. The maximum atomic E-state index is 13.9. The van der Waals surface area contributed by atoms with Crippen molar-refractivity contribution in [3.05, 3.63) is 47.8 Å². The van der Waals surface area contributed by atoms with Crippen LogP contribution in [0.4, 0.5) is 4.39 Å². The zero-order valence-electron chi connectivity index (χ0n) is 12.1. The molecule has 0 bridgehead atoms. The molecule has 0 saturated heterocycles. The van der Waals surface area contributed by atoms with Crippen LogP contribution in [-0.2, 0) is 7.05 Å². The number of methoxy groups -OCH3 is 1. The molecule has 0 aliphatic carbocycles. The summed E-state index contributed by atoms with van der Waals surface area (Å²) >= 11 is 0. The van der Waals surface area contributed by atoms with Crippen molar-refractivity contribution < 1.29 is 9.13 Å². The van der Waals surface area contributed by atoms with Crippen molar-refractivity contribution in [1.29, 1.82) is 0 Å². The molecule has 108 valence electrons. The van der Waals surface area contributed by atoms with Gasteiger partial charge in [0.25, 0.3) is 0 Å². The van der Waals surface area contributed by atoms with Crippen molar-refractivity contribution in [2.24, 2.45) is 7.05 Å². The summed E-state index contributed by atoms with van der Waals surface area (Å²) in [6.07, 6.45) is 4.69. The lowest BCUT2D eigenvalue weighted by molar-refractivity contribution is 0.385. The molecule has 0 spiro atoms. The second-order valence-corrected chi connectivity index (χ2v) is 4.75. The summed E-state index contributed by atoms with van der Waals surface area (Å²) in [5.74, 6) is -0.103. The summed E-state index contributed by atoms with van der Waals surface area (Å²) < 4.78 is 20.7. The number of aromatic nitrogens is 2. The molecule has 0 amide bonds. The minimum absolute atomic E-state index is 0.114. The second kappa shape index (κ2) is 6.52. The first kappa shape index (κ1) is 14.5. The quantitative estimate of drug-likeness (QED) is 0.882. The minimum atomic E-state index is -0.357. The molecule has 1 unspecified atom stereocenters. The van der Waals surface area contributed by atoms with E-state index in [1.807, 2.05) is 23.9 Å². The van der Waals surface area contributed by atoms with Crippen molar-refractivity contribution in [3.63, 3.8) is 0 Å². The van der Waals surface area contributed by atoms with Crippen molar-refractivity contribution in [2.45, 2.75) is 19.4 Å². The molecule has 4 nitrogen and oxygen atoms in total. The Labute approximate surface area is 118 Å². The summed E-state index contributed by atoms with van der Waals surface area (Å²) in [6, 6.07) is 4.90. The van der Waals surface area contributed by atoms with E-state index in [0.717, 1.165) is 24.2 Å². The zero-order valence-corrected chi connectivity index (χ0v) is 12.1. The number of nitrogens with zero attached hydrogens (tertiary/aromatic N) is 2. The van der Waals surface area contributed by atoms with E-state index in [-0.39, 0.29) is 17.6 Å².